The number of thiazole rings is 1. The number of hydrogen-bond donors (Lipinski definition) is 1. The molecule has 1 spiro atoms. The molecule has 2 aliphatic heterocycles. The third-order valence-electron chi connectivity index (χ3n) is 4.99. The summed E-state index contributed by atoms with van der Waals surface area (Å²) in [5.74, 6) is -0.0415. The predicted molar refractivity (Wildman–Crippen MR) is 88.4 cm³/mol. The van der Waals surface area contributed by atoms with Gasteiger partial charge >= 0.3 is 0 Å². The molecule has 0 unspecified atom stereocenters. The van der Waals surface area contributed by atoms with Crippen LogP contribution in [0.3, 0.4) is 0 Å². The molecule has 7 heteroatoms. The zero-order valence-electron chi connectivity index (χ0n) is 13.4. The van der Waals surface area contributed by atoms with Crippen molar-refractivity contribution in [2.24, 2.45) is 5.16 Å². The Labute approximate surface area is 139 Å². The minimum Gasteiger partial charge on any atom is -0.387 e. The summed E-state index contributed by atoms with van der Waals surface area (Å²) in [6.45, 7) is 4.65. The number of amides is 1. The molecule has 4 rings (SSSR count). The Morgan fingerprint density at radius 1 is 1.57 bits per heavy atom. The Balaban J connectivity index is 1.31. The maximum absolute atomic E-state index is 12.2. The quantitative estimate of drug-likeness (QED) is 0.912. The summed E-state index contributed by atoms with van der Waals surface area (Å²) in [5, 5.41) is 10.4. The lowest BCUT2D eigenvalue weighted by molar-refractivity contribution is -0.116. The van der Waals surface area contributed by atoms with E-state index in [1.807, 2.05) is 6.92 Å². The molecule has 1 aliphatic carbocycles. The Morgan fingerprint density at radius 2 is 2.43 bits per heavy atom. The molecular formula is C16H22N4O2S. The smallest absolute Gasteiger partial charge is 0.269 e. The number of aryl methyl sites for hydroxylation is 1. The van der Waals surface area contributed by atoms with Gasteiger partial charge in [0.15, 0.2) is 5.60 Å². The molecule has 2 fully saturated rings. The van der Waals surface area contributed by atoms with Gasteiger partial charge in [-0.25, -0.2) is 4.98 Å². The maximum atomic E-state index is 12.2. The van der Waals surface area contributed by atoms with Crippen molar-refractivity contribution in [1.82, 2.24) is 15.2 Å². The van der Waals surface area contributed by atoms with E-state index in [0.717, 1.165) is 49.6 Å². The van der Waals surface area contributed by atoms with Crippen LogP contribution in [0.5, 0.6) is 0 Å². The van der Waals surface area contributed by atoms with Gasteiger partial charge in [-0.1, -0.05) is 5.16 Å². The van der Waals surface area contributed by atoms with Gasteiger partial charge in [-0.3, -0.25) is 9.69 Å². The summed E-state index contributed by atoms with van der Waals surface area (Å²) in [4.78, 5) is 24.8. The van der Waals surface area contributed by atoms with Gasteiger partial charge in [0.2, 0.25) is 0 Å². The minimum absolute atomic E-state index is 0.0415. The Hall–Kier alpha value is -1.47. The van der Waals surface area contributed by atoms with Crippen LogP contribution < -0.4 is 5.32 Å². The van der Waals surface area contributed by atoms with E-state index in [0.29, 0.717) is 18.2 Å². The number of carbonyl (C=O) groups is 1. The number of rotatable bonds is 4. The monoisotopic (exact) mass is 334 g/mol. The lowest BCUT2D eigenvalue weighted by Gasteiger charge is -2.26. The fraction of sp³-hybridized carbons (Fsp3) is 0.688. The average molecular weight is 334 g/mol. The first-order valence-electron chi connectivity index (χ1n) is 8.31. The van der Waals surface area contributed by atoms with E-state index in [2.05, 4.69) is 25.7 Å². The minimum atomic E-state index is -0.308. The lowest BCUT2D eigenvalue weighted by Crippen LogP contribution is -2.43. The van der Waals surface area contributed by atoms with E-state index < -0.39 is 0 Å². The topological polar surface area (TPSA) is 66.8 Å². The Morgan fingerprint density at radius 3 is 3.13 bits per heavy atom. The van der Waals surface area contributed by atoms with Crippen LogP contribution in [0.4, 0.5) is 0 Å². The third kappa shape index (κ3) is 3.12. The summed E-state index contributed by atoms with van der Waals surface area (Å²) in [6, 6.07) is 0.342. The van der Waals surface area contributed by atoms with Crippen LogP contribution in [-0.4, -0.2) is 46.2 Å². The molecule has 3 aliphatic rings. The molecule has 1 aromatic heterocycles. The summed E-state index contributed by atoms with van der Waals surface area (Å²) >= 11 is 1.68. The van der Waals surface area contributed by atoms with Gasteiger partial charge < -0.3 is 10.2 Å². The molecule has 1 atom stereocenters. The predicted octanol–water partition coefficient (Wildman–Crippen LogP) is 1.84. The molecule has 0 radical (unpaired) electrons. The maximum Gasteiger partial charge on any atom is 0.269 e. The number of oxime groups is 1. The number of carbonyl (C=O) groups excluding carboxylic acids is 1. The largest absolute Gasteiger partial charge is 0.387 e. The zero-order valence-corrected chi connectivity index (χ0v) is 14.2. The molecule has 1 saturated carbocycles. The van der Waals surface area contributed by atoms with Crippen molar-refractivity contribution in [3.8, 4) is 0 Å². The third-order valence-corrected chi connectivity index (χ3v) is 5.81. The molecule has 0 bridgehead atoms. The van der Waals surface area contributed by atoms with Gasteiger partial charge in [0.25, 0.3) is 5.91 Å². The van der Waals surface area contributed by atoms with Crippen LogP contribution in [0.25, 0.3) is 0 Å². The van der Waals surface area contributed by atoms with Crippen molar-refractivity contribution in [2.75, 3.05) is 13.1 Å². The highest BCUT2D eigenvalue weighted by Gasteiger charge is 2.46. The van der Waals surface area contributed by atoms with Gasteiger partial charge in [0, 0.05) is 43.9 Å². The van der Waals surface area contributed by atoms with E-state index in [9.17, 15) is 4.79 Å². The van der Waals surface area contributed by atoms with Crippen molar-refractivity contribution >= 4 is 23.0 Å². The van der Waals surface area contributed by atoms with Crippen LogP contribution in [-0.2, 0) is 16.2 Å². The standard InChI is InChI=1S/C16H22N4O2S/c1-11-17-13(9-23-11)8-20-6-5-16(10-20)7-14(19-22-16)15(21)18-12-3-2-4-12/h9,12H,2-8,10H2,1H3,(H,18,21)/t16-/m0/s1. The molecule has 1 aromatic rings. The van der Waals surface area contributed by atoms with Gasteiger partial charge in [-0.05, 0) is 26.2 Å². The van der Waals surface area contributed by atoms with Crippen molar-refractivity contribution in [1.29, 1.82) is 0 Å². The number of likely N-dealkylation sites (tertiary alicyclic amines) is 1. The molecule has 1 saturated heterocycles. The molecule has 0 aromatic carbocycles. The van der Waals surface area contributed by atoms with Gasteiger partial charge in [-0.2, -0.15) is 0 Å². The number of nitrogens with one attached hydrogen (secondary N) is 1. The molecule has 1 N–H and O–H groups in total. The SMILES string of the molecule is Cc1nc(CN2CC[C@]3(CC(C(=O)NC4CCC4)=NO3)C2)cs1. The molecule has 6 nitrogen and oxygen atoms in total. The summed E-state index contributed by atoms with van der Waals surface area (Å²) in [6.07, 6.45) is 4.93. The summed E-state index contributed by atoms with van der Waals surface area (Å²) in [5.41, 5.74) is 1.37. The summed E-state index contributed by atoms with van der Waals surface area (Å²) in [7, 11) is 0. The Kier molecular flexibility index (Phi) is 3.85. The second kappa shape index (κ2) is 5.87. The van der Waals surface area contributed by atoms with Crippen LogP contribution >= 0.6 is 11.3 Å². The van der Waals surface area contributed by atoms with Crippen LogP contribution in [0, 0.1) is 6.92 Å². The van der Waals surface area contributed by atoms with E-state index >= 15 is 0 Å². The van der Waals surface area contributed by atoms with E-state index in [1.165, 1.54) is 6.42 Å². The highest BCUT2D eigenvalue weighted by Crippen LogP contribution is 2.34. The first-order valence-corrected chi connectivity index (χ1v) is 9.19. The highest BCUT2D eigenvalue weighted by atomic mass is 32.1. The van der Waals surface area contributed by atoms with Gasteiger partial charge in [0.05, 0.1) is 10.7 Å². The van der Waals surface area contributed by atoms with E-state index in [1.54, 1.807) is 11.3 Å². The molecule has 23 heavy (non-hydrogen) atoms. The first-order chi connectivity index (χ1) is 11.1. The summed E-state index contributed by atoms with van der Waals surface area (Å²) < 4.78 is 0. The van der Waals surface area contributed by atoms with Crippen molar-refractivity contribution < 1.29 is 9.63 Å². The normalized spacial score (nSPS) is 27.8. The van der Waals surface area contributed by atoms with Gasteiger partial charge in [-0.15, -0.1) is 11.3 Å². The zero-order chi connectivity index (χ0) is 15.9. The fourth-order valence-electron chi connectivity index (χ4n) is 3.46. The number of nitrogens with zero attached hydrogens (tertiary/aromatic N) is 3. The van der Waals surface area contributed by atoms with Crippen molar-refractivity contribution in [3.05, 3.63) is 16.1 Å². The van der Waals surface area contributed by atoms with Crippen molar-refractivity contribution in [3.63, 3.8) is 0 Å². The number of hydrogen-bond acceptors (Lipinski definition) is 6. The second-order valence-electron chi connectivity index (χ2n) is 6.91. The average Bonchev–Trinajstić information content (AvgIpc) is 3.18. The van der Waals surface area contributed by atoms with Crippen molar-refractivity contribution in [2.45, 2.75) is 57.2 Å². The highest BCUT2D eigenvalue weighted by molar-refractivity contribution is 7.09. The van der Waals surface area contributed by atoms with E-state index in [-0.39, 0.29) is 11.5 Å². The Bertz CT molecular complexity index is 640. The van der Waals surface area contributed by atoms with E-state index in [4.69, 9.17) is 4.84 Å². The second-order valence-corrected chi connectivity index (χ2v) is 7.97. The molecule has 3 heterocycles. The first kappa shape index (κ1) is 15.1. The number of aromatic nitrogens is 1. The fourth-order valence-corrected chi connectivity index (χ4v) is 4.06. The van der Waals surface area contributed by atoms with Crippen LogP contribution in [0.2, 0.25) is 0 Å². The van der Waals surface area contributed by atoms with Crippen LogP contribution in [0.15, 0.2) is 10.5 Å². The van der Waals surface area contributed by atoms with Crippen LogP contribution in [0.1, 0.15) is 42.8 Å². The molecule has 1 amide bonds. The van der Waals surface area contributed by atoms with Gasteiger partial charge in [0.1, 0.15) is 5.71 Å². The molecular weight excluding hydrogens is 312 g/mol. The lowest BCUT2D eigenvalue weighted by atomic mass is 9.92. The molecule has 124 valence electrons.